The van der Waals surface area contributed by atoms with Gasteiger partial charge in [-0.1, -0.05) is 0 Å². The number of hydrogen-bond donors (Lipinski definition) is 2. The van der Waals surface area contributed by atoms with Crippen LogP contribution in [0.25, 0.3) is 0 Å². The molecule has 0 atom stereocenters. The van der Waals surface area contributed by atoms with E-state index in [-0.39, 0.29) is 11.3 Å². The lowest BCUT2D eigenvalue weighted by molar-refractivity contribution is 0.0696. The molecular formula is C12H9FN2O3S. The van der Waals surface area contributed by atoms with Crippen LogP contribution >= 0.6 is 11.3 Å². The highest BCUT2D eigenvalue weighted by atomic mass is 32.1. The smallest absolute Gasteiger partial charge is 0.335 e. The second kappa shape index (κ2) is 5.15. The van der Waals surface area contributed by atoms with E-state index in [9.17, 15) is 14.0 Å². The summed E-state index contributed by atoms with van der Waals surface area (Å²) in [6.07, 6.45) is 0. The first-order valence-electron chi connectivity index (χ1n) is 5.23. The van der Waals surface area contributed by atoms with Crippen molar-refractivity contribution in [2.45, 2.75) is 6.92 Å². The predicted molar refractivity (Wildman–Crippen MR) is 68.2 cm³/mol. The van der Waals surface area contributed by atoms with Gasteiger partial charge in [0.05, 0.1) is 22.5 Å². The Balaban J connectivity index is 2.28. The topological polar surface area (TPSA) is 79.3 Å². The summed E-state index contributed by atoms with van der Waals surface area (Å²) in [5.74, 6) is -2.40. The number of anilines is 1. The molecule has 98 valence electrons. The van der Waals surface area contributed by atoms with Crippen molar-refractivity contribution < 1.29 is 19.1 Å². The number of aromatic carboxylic acids is 1. The monoisotopic (exact) mass is 280 g/mol. The Morgan fingerprint density at radius 3 is 2.74 bits per heavy atom. The van der Waals surface area contributed by atoms with E-state index in [1.54, 1.807) is 6.92 Å². The number of nitrogens with zero attached hydrogens (tertiary/aromatic N) is 1. The first kappa shape index (κ1) is 13.2. The van der Waals surface area contributed by atoms with E-state index >= 15 is 0 Å². The summed E-state index contributed by atoms with van der Waals surface area (Å²) >= 11 is 1.13. The quantitative estimate of drug-likeness (QED) is 0.905. The first-order chi connectivity index (χ1) is 8.99. The van der Waals surface area contributed by atoms with Crippen LogP contribution in [-0.4, -0.2) is 22.0 Å². The first-order valence-corrected chi connectivity index (χ1v) is 6.11. The van der Waals surface area contributed by atoms with Crippen molar-refractivity contribution in [1.29, 1.82) is 0 Å². The molecule has 0 unspecified atom stereocenters. The Bertz CT molecular complexity index is 654. The van der Waals surface area contributed by atoms with Gasteiger partial charge in [0.15, 0.2) is 0 Å². The van der Waals surface area contributed by atoms with Crippen LogP contribution in [-0.2, 0) is 0 Å². The Morgan fingerprint density at radius 1 is 1.42 bits per heavy atom. The van der Waals surface area contributed by atoms with Gasteiger partial charge in [-0.25, -0.2) is 14.2 Å². The van der Waals surface area contributed by atoms with E-state index in [2.05, 4.69) is 10.3 Å². The van der Waals surface area contributed by atoms with E-state index < -0.39 is 17.7 Å². The molecule has 7 heteroatoms. The molecule has 0 aliphatic rings. The lowest BCUT2D eigenvalue weighted by Crippen LogP contribution is -2.13. The van der Waals surface area contributed by atoms with Gasteiger partial charge in [-0.15, -0.1) is 11.3 Å². The van der Waals surface area contributed by atoms with Gasteiger partial charge >= 0.3 is 5.97 Å². The number of amides is 1. The van der Waals surface area contributed by atoms with Gasteiger partial charge in [-0.3, -0.25) is 4.79 Å². The highest BCUT2D eigenvalue weighted by Gasteiger charge is 2.15. The largest absolute Gasteiger partial charge is 0.478 e. The lowest BCUT2D eigenvalue weighted by atomic mass is 10.2. The molecule has 0 saturated carbocycles. The Labute approximate surface area is 111 Å². The molecule has 2 rings (SSSR count). The summed E-state index contributed by atoms with van der Waals surface area (Å²) in [5, 5.41) is 11.2. The van der Waals surface area contributed by atoms with Gasteiger partial charge in [0.2, 0.25) is 0 Å². The van der Waals surface area contributed by atoms with Crippen LogP contribution in [0, 0.1) is 12.7 Å². The molecule has 0 bridgehead atoms. The van der Waals surface area contributed by atoms with Crippen molar-refractivity contribution >= 4 is 28.9 Å². The number of nitrogens with one attached hydrogen (secondary N) is 1. The Hall–Kier alpha value is -2.28. The van der Waals surface area contributed by atoms with E-state index in [1.165, 1.54) is 5.51 Å². The maximum atomic E-state index is 13.5. The number of benzene rings is 1. The molecule has 5 nitrogen and oxygen atoms in total. The molecule has 0 fully saturated rings. The number of carbonyl (C=O) groups excluding carboxylic acids is 1. The van der Waals surface area contributed by atoms with Crippen molar-refractivity contribution in [2.75, 3.05) is 5.32 Å². The second-order valence-corrected chi connectivity index (χ2v) is 4.58. The fourth-order valence-corrected chi connectivity index (χ4v) is 2.15. The zero-order valence-electron chi connectivity index (χ0n) is 9.81. The highest BCUT2D eigenvalue weighted by molar-refractivity contribution is 7.12. The SMILES string of the molecule is Cc1ncsc1C(=O)Nc1cc(C(=O)O)ccc1F. The molecule has 0 aliphatic carbocycles. The molecule has 0 spiro atoms. The number of carboxylic acids is 1. The van der Waals surface area contributed by atoms with Crippen molar-refractivity contribution in [3.63, 3.8) is 0 Å². The number of carbonyl (C=O) groups is 2. The number of carboxylic acid groups (broad SMARTS) is 1. The highest BCUT2D eigenvalue weighted by Crippen LogP contribution is 2.19. The molecule has 0 radical (unpaired) electrons. The zero-order valence-corrected chi connectivity index (χ0v) is 10.6. The summed E-state index contributed by atoms with van der Waals surface area (Å²) in [5.41, 5.74) is 1.78. The number of hydrogen-bond acceptors (Lipinski definition) is 4. The average molecular weight is 280 g/mol. The van der Waals surface area contributed by atoms with Gasteiger partial charge in [0.25, 0.3) is 5.91 Å². The number of thiazole rings is 1. The van der Waals surface area contributed by atoms with Gasteiger partial charge in [-0.05, 0) is 25.1 Å². The number of aromatic nitrogens is 1. The number of rotatable bonds is 3. The molecule has 19 heavy (non-hydrogen) atoms. The van der Waals surface area contributed by atoms with Crippen LogP contribution in [0.15, 0.2) is 23.7 Å². The summed E-state index contributed by atoms with van der Waals surface area (Å²) < 4.78 is 13.5. The van der Waals surface area contributed by atoms with Crippen LogP contribution in [0.4, 0.5) is 10.1 Å². The molecule has 0 aliphatic heterocycles. The zero-order chi connectivity index (χ0) is 14.0. The Kier molecular flexibility index (Phi) is 3.57. The van der Waals surface area contributed by atoms with Crippen LogP contribution in [0.5, 0.6) is 0 Å². The van der Waals surface area contributed by atoms with Gasteiger partial charge < -0.3 is 10.4 Å². The summed E-state index contributed by atoms with van der Waals surface area (Å²) in [4.78, 5) is 26.9. The molecule has 0 saturated heterocycles. The normalized spacial score (nSPS) is 10.2. The summed E-state index contributed by atoms with van der Waals surface area (Å²) in [6, 6.07) is 3.20. The van der Waals surface area contributed by atoms with Crippen molar-refractivity contribution in [2.24, 2.45) is 0 Å². The lowest BCUT2D eigenvalue weighted by Gasteiger charge is -2.06. The van der Waals surface area contributed by atoms with Gasteiger partial charge in [-0.2, -0.15) is 0 Å². The van der Waals surface area contributed by atoms with Crippen LogP contribution in [0.2, 0.25) is 0 Å². The molecule has 1 aromatic heterocycles. The second-order valence-electron chi connectivity index (χ2n) is 3.72. The van der Waals surface area contributed by atoms with E-state index in [1.807, 2.05) is 0 Å². The van der Waals surface area contributed by atoms with Crippen molar-refractivity contribution in [1.82, 2.24) is 4.98 Å². The molecule has 2 aromatic rings. The van der Waals surface area contributed by atoms with Gasteiger partial charge in [0, 0.05) is 0 Å². The third kappa shape index (κ3) is 2.76. The summed E-state index contributed by atoms with van der Waals surface area (Å²) in [7, 11) is 0. The predicted octanol–water partition coefficient (Wildman–Crippen LogP) is 2.54. The van der Waals surface area contributed by atoms with E-state index in [0.29, 0.717) is 10.6 Å². The fourth-order valence-electron chi connectivity index (χ4n) is 1.45. The third-order valence-corrected chi connectivity index (χ3v) is 3.34. The maximum Gasteiger partial charge on any atom is 0.335 e. The minimum absolute atomic E-state index is 0.0993. The summed E-state index contributed by atoms with van der Waals surface area (Å²) in [6.45, 7) is 1.66. The standard InChI is InChI=1S/C12H9FN2O3S/c1-6-10(19-5-14-6)11(16)15-9-4-7(12(17)18)2-3-8(9)13/h2-5H,1H3,(H,15,16)(H,17,18). The molecule has 1 heterocycles. The molecule has 2 N–H and O–H groups in total. The molecule has 1 aromatic carbocycles. The van der Waals surface area contributed by atoms with Gasteiger partial charge in [0.1, 0.15) is 10.7 Å². The average Bonchev–Trinajstić information content (AvgIpc) is 2.78. The number of halogens is 1. The number of aryl methyl sites for hydroxylation is 1. The fraction of sp³-hybridized carbons (Fsp3) is 0.0833. The van der Waals surface area contributed by atoms with Crippen molar-refractivity contribution in [3.05, 3.63) is 45.7 Å². The van der Waals surface area contributed by atoms with Crippen LogP contribution < -0.4 is 5.32 Å². The van der Waals surface area contributed by atoms with Crippen molar-refractivity contribution in [3.8, 4) is 0 Å². The van der Waals surface area contributed by atoms with Crippen LogP contribution in [0.3, 0.4) is 0 Å². The minimum atomic E-state index is -1.19. The Morgan fingerprint density at radius 2 is 2.16 bits per heavy atom. The maximum absolute atomic E-state index is 13.5. The van der Waals surface area contributed by atoms with E-state index in [0.717, 1.165) is 29.5 Å². The van der Waals surface area contributed by atoms with E-state index in [4.69, 9.17) is 5.11 Å². The third-order valence-electron chi connectivity index (χ3n) is 2.41. The minimum Gasteiger partial charge on any atom is -0.478 e. The van der Waals surface area contributed by atoms with Crippen LogP contribution in [0.1, 0.15) is 25.7 Å². The molecular weight excluding hydrogens is 271 g/mol. The molecule has 1 amide bonds.